The third-order valence-corrected chi connectivity index (χ3v) is 6.55. The quantitative estimate of drug-likeness (QED) is 0.275. The molecule has 160 valence electrons. The minimum absolute atomic E-state index is 0. The second kappa shape index (κ2) is 11.8. The summed E-state index contributed by atoms with van der Waals surface area (Å²) >= 11 is 1.76. The molecule has 0 aliphatic heterocycles. The van der Waals surface area contributed by atoms with Crippen molar-refractivity contribution in [2.24, 2.45) is 10.4 Å². The van der Waals surface area contributed by atoms with Crippen molar-refractivity contribution < 1.29 is 9.47 Å². The lowest BCUT2D eigenvalue weighted by molar-refractivity contribution is 0.0732. The first-order valence-corrected chi connectivity index (χ1v) is 10.7. The monoisotopic (exact) mass is 529 g/mol. The van der Waals surface area contributed by atoms with Crippen LogP contribution in [-0.4, -0.2) is 40.4 Å². The Kier molecular flexibility index (Phi) is 9.71. The SMILES string of the molecule is CN=C(NCc1cc(-c2ccc(OC)cc2)cs1)NCC1(CCOC)CCC1.I. The van der Waals surface area contributed by atoms with Crippen LogP contribution in [0.4, 0.5) is 0 Å². The van der Waals surface area contributed by atoms with E-state index in [0.717, 1.165) is 37.8 Å². The van der Waals surface area contributed by atoms with E-state index < -0.39 is 0 Å². The van der Waals surface area contributed by atoms with Crippen LogP contribution >= 0.6 is 35.3 Å². The van der Waals surface area contributed by atoms with Crippen molar-refractivity contribution in [2.45, 2.75) is 32.2 Å². The Morgan fingerprint density at radius 2 is 1.90 bits per heavy atom. The van der Waals surface area contributed by atoms with E-state index >= 15 is 0 Å². The van der Waals surface area contributed by atoms with Gasteiger partial charge in [-0.3, -0.25) is 4.99 Å². The number of methoxy groups -OCH3 is 2. The van der Waals surface area contributed by atoms with E-state index in [4.69, 9.17) is 9.47 Å². The van der Waals surface area contributed by atoms with Crippen LogP contribution < -0.4 is 15.4 Å². The summed E-state index contributed by atoms with van der Waals surface area (Å²) in [6.45, 7) is 2.56. The van der Waals surface area contributed by atoms with Gasteiger partial charge in [0.05, 0.1) is 13.7 Å². The van der Waals surface area contributed by atoms with E-state index in [1.807, 2.05) is 19.2 Å². The summed E-state index contributed by atoms with van der Waals surface area (Å²) in [7, 11) is 5.30. The largest absolute Gasteiger partial charge is 0.497 e. The van der Waals surface area contributed by atoms with Gasteiger partial charge >= 0.3 is 0 Å². The molecule has 1 aromatic carbocycles. The van der Waals surface area contributed by atoms with Crippen molar-refractivity contribution in [3.8, 4) is 16.9 Å². The Labute approximate surface area is 195 Å². The summed E-state index contributed by atoms with van der Waals surface area (Å²) < 4.78 is 10.5. The third-order valence-electron chi connectivity index (χ3n) is 5.61. The molecule has 0 unspecified atom stereocenters. The zero-order valence-electron chi connectivity index (χ0n) is 17.5. The fourth-order valence-electron chi connectivity index (χ4n) is 3.58. The molecule has 1 aliphatic carbocycles. The van der Waals surface area contributed by atoms with Crippen molar-refractivity contribution in [1.82, 2.24) is 10.6 Å². The van der Waals surface area contributed by atoms with Crippen LogP contribution in [0.2, 0.25) is 0 Å². The minimum atomic E-state index is 0. The van der Waals surface area contributed by atoms with Crippen molar-refractivity contribution in [1.29, 1.82) is 0 Å². The average Bonchev–Trinajstić information content (AvgIpc) is 3.18. The molecular weight excluding hydrogens is 497 g/mol. The molecule has 1 heterocycles. The maximum Gasteiger partial charge on any atom is 0.191 e. The molecule has 2 aromatic rings. The summed E-state index contributed by atoms with van der Waals surface area (Å²) in [5.74, 6) is 1.74. The van der Waals surface area contributed by atoms with Gasteiger partial charge in [-0.1, -0.05) is 18.6 Å². The number of hydrogen-bond donors (Lipinski definition) is 2. The van der Waals surface area contributed by atoms with Crippen LogP contribution in [0, 0.1) is 5.41 Å². The van der Waals surface area contributed by atoms with E-state index in [2.05, 4.69) is 39.2 Å². The first-order valence-electron chi connectivity index (χ1n) is 9.83. The highest BCUT2D eigenvalue weighted by molar-refractivity contribution is 14.0. The van der Waals surface area contributed by atoms with Gasteiger partial charge in [-0.15, -0.1) is 35.3 Å². The fraction of sp³-hybridized carbons (Fsp3) is 0.500. The average molecular weight is 529 g/mol. The Morgan fingerprint density at radius 1 is 1.14 bits per heavy atom. The molecule has 3 rings (SSSR count). The second-order valence-corrected chi connectivity index (χ2v) is 8.40. The molecule has 29 heavy (non-hydrogen) atoms. The van der Waals surface area contributed by atoms with Crippen LogP contribution in [0.1, 0.15) is 30.6 Å². The summed E-state index contributed by atoms with van der Waals surface area (Å²) in [6, 6.07) is 10.4. The Morgan fingerprint density at radius 3 is 2.48 bits per heavy atom. The standard InChI is InChI=1S/C22H31N3O2S.HI/c1-23-21(25-16-22(9-4-10-22)11-12-26-2)24-14-20-13-18(15-28-20)17-5-7-19(27-3)8-6-17;/h5-8,13,15H,4,9-12,14,16H2,1-3H3,(H2,23,24,25);1H. The number of benzene rings is 1. The van der Waals surface area contributed by atoms with Gasteiger partial charge in [0.15, 0.2) is 5.96 Å². The van der Waals surface area contributed by atoms with Gasteiger partial charge in [0.1, 0.15) is 5.75 Å². The van der Waals surface area contributed by atoms with Crippen LogP contribution in [-0.2, 0) is 11.3 Å². The number of aliphatic imine (C=N–C) groups is 1. The highest BCUT2D eigenvalue weighted by Gasteiger charge is 2.36. The second-order valence-electron chi connectivity index (χ2n) is 7.41. The van der Waals surface area contributed by atoms with Gasteiger partial charge in [0.25, 0.3) is 0 Å². The van der Waals surface area contributed by atoms with Crippen LogP contribution in [0.3, 0.4) is 0 Å². The van der Waals surface area contributed by atoms with E-state index in [1.54, 1.807) is 25.6 Å². The van der Waals surface area contributed by atoms with E-state index in [1.165, 1.54) is 35.3 Å². The number of ether oxygens (including phenoxy) is 2. The molecule has 1 aliphatic rings. The number of nitrogens with one attached hydrogen (secondary N) is 2. The maximum atomic E-state index is 5.28. The van der Waals surface area contributed by atoms with Gasteiger partial charge in [0, 0.05) is 32.2 Å². The topological polar surface area (TPSA) is 54.9 Å². The van der Waals surface area contributed by atoms with Crippen molar-refractivity contribution in [2.75, 3.05) is 34.4 Å². The smallest absolute Gasteiger partial charge is 0.191 e. The molecule has 0 bridgehead atoms. The molecule has 1 saturated carbocycles. The van der Waals surface area contributed by atoms with Gasteiger partial charge in [-0.25, -0.2) is 0 Å². The molecule has 0 atom stereocenters. The molecule has 5 nitrogen and oxygen atoms in total. The van der Waals surface area contributed by atoms with Gasteiger partial charge in [-0.05, 0) is 59.4 Å². The molecule has 0 spiro atoms. The number of halogens is 1. The number of thiophene rings is 1. The number of rotatable bonds is 9. The fourth-order valence-corrected chi connectivity index (χ4v) is 4.41. The number of nitrogens with zero attached hydrogens (tertiary/aromatic N) is 1. The predicted octanol–water partition coefficient (Wildman–Crippen LogP) is 4.91. The lowest BCUT2D eigenvalue weighted by Gasteiger charge is -2.42. The molecule has 7 heteroatoms. The molecule has 1 aromatic heterocycles. The molecule has 0 amide bonds. The number of hydrogen-bond acceptors (Lipinski definition) is 4. The first kappa shape index (κ1) is 24.0. The Bertz CT molecular complexity index is 773. The van der Waals surface area contributed by atoms with E-state index in [9.17, 15) is 0 Å². The van der Waals surface area contributed by atoms with Gasteiger partial charge in [0.2, 0.25) is 0 Å². The van der Waals surface area contributed by atoms with Crippen LogP contribution in [0.15, 0.2) is 40.7 Å². The van der Waals surface area contributed by atoms with Crippen molar-refractivity contribution in [3.05, 3.63) is 40.6 Å². The summed E-state index contributed by atoms with van der Waals surface area (Å²) in [6.07, 6.45) is 4.98. The molecule has 2 N–H and O–H groups in total. The Hall–Kier alpha value is -1.32. The Balaban J connectivity index is 0.00000300. The highest BCUT2D eigenvalue weighted by Crippen LogP contribution is 2.43. The minimum Gasteiger partial charge on any atom is -0.497 e. The third kappa shape index (κ3) is 6.58. The van der Waals surface area contributed by atoms with E-state index in [0.29, 0.717) is 5.41 Å². The molecule has 0 radical (unpaired) electrons. The summed E-state index contributed by atoms with van der Waals surface area (Å²) in [5.41, 5.74) is 2.81. The number of guanidine groups is 1. The maximum absolute atomic E-state index is 5.28. The summed E-state index contributed by atoms with van der Waals surface area (Å²) in [5, 5.41) is 9.16. The predicted molar refractivity (Wildman–Crippen MR) is 133 cm³/mol. The molecule has 1 fully saturated rings. The normalized spacial score (nSPS) is 15.2. The summed E-state index contributed by atoms with van der Waals surface area (Å²) in [4.78, 5) is 5.67. The zero-order valence-corrected chi connectivity index (χ0v) is 20.6. The lowest BCUT2D eigenvalue weighted by Crippen LogP contribution is -2.46. The molecular formula is C22H32IN3O2S. The highest BCUT2D eigenvalue weighted by atomic mass is 127. The first-order chi connectivity index (χ1) is 13.7. The zero-order chi connectivity index (χ0) is 19.8. The van der Waals surface area contributed by atoms with Crippen LogP contribution in [0.5, 0.6) is 5.75 Å². The van der Waals surface area contributed by atoms with Gasteiger partial charge < -0.3 is 20.1 Å². The van der Waals surface area contributed by atoms with Crippen molar-refractivity contribution >= 4 is 41.3 Å². The van der Waals surface area contributed by atoms with Crippen molar-refractivity contribution in [3.63, 3.8) is 0 Å². The van der Waals surface area contributed by atoms with Gasteiger partial charge in [-0.2, -0.15) is 0 Å². The lowest BCUT2D eigenvalue weighted by atomic mass is 9.67. The van der Waals surface area contributed by atoms with Crippen LogP contribution in [0.25, 0.3) is 11.1 Å². The van der Waals surface area contributed by atoms with E-state index in [-0.39, 0.29) is 24.0 Å². The molecule has 0 saturated heterocycles.